The van der Waals surface area contributed by atoms with Gasteiger partial charge in [0.15, 0.2) is 0 Å². The van der Waals surface area contributed by atoms with Gasteiger partial charge in [0.05, 0.1) is 5.92 Å². The standard InChI is InChI=1S/C10H20N2O2S/c1-7(6-15(2)14)12-10(13)8-4-3-5-9(8)11/h7-9H,3-6,11H2,1-2H3,(H,12,13). The lowest BCUT2D eigenvalue weighted by atomic mass is 10.0. The number of nitrogens with two attached hydrogens (primary N) is 1. The third kappa shape index (κ3) is 3.91. The summed E-state index contributed by atoms with van der Waals surface area (Å²) < 4.78 is 11.0. The van der Waals surface area contributed by atoms with Gasteiger partial charge in [0.2, 0.25) is 5.91 Å². The van der Waals surface area contributed by atoms with Crippen molar-refractivity contribution >= 4 is 16.7 Å². The van der Waals surface area contributed by atoms with Crippen molar-refractivity contribution in [2.24, 2.45) is 11.7 Å². The van der Waals surface area contributed by atoms with Crippen LogP contribution >= 0.6 is 0 Å². The first-order chi connectivity index (χ1) is 7.00. The molecule has 1 fully saturated rings. The quantitative estimate of drug-likeness (QED) is 0.716. The topological polar surface area (TPSA) is 72.2 Å². The molecule has 4 atom stereocenters. The summed E-state index contributed by atoms with van der Waals surface area (Å²) in [5.74, 6) is 0.490. The predicted molar refractivity (Wildman–Crippen MR) is 61.9 cm³/mol. The zero-order valence-corrected chi connectivity index (χ0v) is 10.2. The van der Waals surface area contributed by atoms with Crippen LogP contribution in [0, 0.1) is 5.92 Å². The monoisotopic (exact) mass is 232 g/mol. The predicted octanol–water partition coefficient (Wildman–Crippen LogP) is -0.00300. The van der Waals surface area contributed by atoms with Crippen molar-refractivity contribution in [3.05, 3.63) is 0 Å². The van der Waals surface area contributed by atoms with E-state index in [0.717, 1.165) is 19.3 Å². The lowest BCUT2D eigenvalue weighted by Gasteiger charge is -2.18. The summed E-state index contributed by atoms with van der Waals surface area (Å²) in [6.45, 7) is 1.87. The van der Waals surface area contributed by atoms with Crippen LogP contribution in [0.1, 0.15) is 26.2 Å². The van der Waals surface area contributed by atoms with Gasteiger partial charge in [-0.1, -0.05) is 6.42 Å². The van der Waals surface area contributed by atoms with Gasteiger partial charge in [0.1, 0.15) is 0 Å². The first-order valence-electron chi connectivity index (χ1n) is 5.36. The summed E-state index contributed by atoms with van der Waals surface area (Å²) >= 11 is 0. The van der Waals surface area contributed by atoms with E-state index < -0.39 is 10.8 Å². The molecule has 1 amide bonds. The summed E-state index contributed by atoms with van der Waals surface area (Å²) in [4.78, 5) is 11.8. The average molecular weight is 232 g/mol. The highest BCUT2D eigenvalue weighted by atomic mass is 32.2. The molecule has 0 saturated heterocycles. The SMILES string of the molecule is CC(CS(C)=O)NC(=O)C1CCCC1N. The fourth-order valence-corrected chi connectivity index (χ4v) is 2.85. The number of hydrogen-bond donors (Lipinski definition) is 2. The molecule has 5 heteroatoms. The van der Waals surface area contributed by atoms with Gasteiger partial charge in [-0.25, -0.2) is 0 Å². The molecule has 4 unspecified atom stereocenters. The Morgan fingerprint density at radius 3 is 2.73 bits per heavy atom. The fourth-order valence-electron chi connectivity index (χ4n) is 2.06. The van der Waals surface area contributed by atoms with Crippen molar-refractivity contribution < 1.29 is 9.00 Å². The Hall–Kier alpha value is -0.420. The lowest BCUT2D eigenvalue weighted by molar-refractivity contribution is -0.125. The Kier molecular flexibility index (Phi) is 4.73. The minimum atomic E-state index is -0.868. The largest absolute Gasteiger partial charge is 0.352 e. The van der Waals surface area contributed by atoms with E-state index in [9.17, 15) is 9.00 Å². The Bertz CT molecular complexity index is 258. The van der Waals surface area contributed by atoms with Gasteiger partial charge in [-0.3, -0.25) is 9.00 Å². The van der Waals surface area contributed by atoms with Crippen LogP contribution in [0.4, 0.5) is 0 Å². The van der Waals surface area contributed by atoms with Crippen LogP contribution in [-0.4, -0.2) is 34.2 Å². The molecule has 0 aromatic rings. The minimum Gasteiger partial charge on any atom is -0.352 e. The summed E-state index contributed by atoms with van der Waals surface area (Å²) in [5.41, 5.74) is 5.84. The maximum Gasteiger partial charge on any atom is 0.224 e. The van der Waals surface area contributed by atoms with Crippen LogP contribution < -0.4 is 11.1 Å². The smallest absolute Gasteiger partial charge is 0.224 e. The Morgan fingerprint density at radius 2 is 2.27 bits per heavy atom. The van der Waals surface area contributed by atoms with Crippen molar-refractivity contribution in [3.8, 4) is 0 Å². The van der Waals surface area contributed by atoms with Gasteiger partial charge in [0.25, 0.3) is 0 Å². The average Bonchev–Trinajstić information content (AvgIpc) is 2.49. The molecule has 1 aliphatic carbocycles. The highest BCUT2D eigenvalue weighted by molar-refractivity contribution is 7.84. The molecule has 1 saturated carbocycles. The Balaban J connectivity index is 2.37. The second-order valence-corrected chi connectivity index (χ2v) is 5.83. The van der Waals surface area contributed by atoms with Gasteiger partial charge in [0, 0.05) is 34.9 Å². The van der Waals surface area contributed by atoms with Crippen molar-refractivity contribution in [1.29, 1.82) is 0 Å². The summed E-state index contributed by atoms with van der Waals surface area (Å²) in [5, 5.41) is 2.87. The normalized spacial score (nSPS) is 29.8. The maximum atomic E-state index is 11.8. The Labute approximate surface area is 93.4 Å². The molecule has 0 heterocycles. The first kappa shape index (κ1) is 12.6. The van der Waals surface area contributed by atoms with E-state index in [-0.39, 0.29) is 23.9 Å². The number of carbonyl (C=O) groups excluding carboxylic acids is 1. The van der Waals surface area contributed by atoms with E-state index in [0.29, 0.717) is 5.75 Å². The van der Waals surface area contributed by atoms with Crippen molar-refractivity contribution in [1.82, 2.24) is 5.32 Å². The molecule has 4 nitrogen and oxygen atoms in total. The van der Waals surface area contributed by atoms with Crippen molar-refractivity contribution in [2.45, 2.75) is 38.3 Å². The van der Waals surface area contributed by atoms with Gasteiger partial charge in [-0.15, -0.1) is 0 Å². The summed E-state index contributed by atoms with van der Waals surface area (Å²) in [6.07, 6.45) is 4.50. The van der Waals surface area contributed by atoms with Gasteiger partial charge in [-0.05, 0) is 19.8 Å². The first-order valence-corrected chi connectivity index (χ1v) is 7.09. The van der Waals surface area contributed by atoms with Crippen molar-refractivity contribution in [3.63, 3.8) is 0 Å². The van der Waals surface area contributed by atoms with Crippen LogP contribution in [0.3, 0.4) is 0 Å². The van der Waals surface area contributed by atoms with E-state index >= 15 is 0 Å². The zero-order valence-electron chi connectivity index (χ0n) is 9.36. The Morgan fingerprint density at radius 1 is 1.60 bits per heavy atom. The number of rotatable bonds is 4. The molecule has 0 bridgehead atoms. The van der Waals surface area contributed by atoms with Crippen LogP contribution in [0.2, 0.25) is 0 Å². The van der Waals surface area contributed by atoms with E-state index in [1.165, 1.54) is 0 Å². The van der Waals surface area contributed by atoms with E-state index in [1.54, 1.807) is 6.26 Å². The third-order valence-corrected chi connectivity index (χ3v) is 3.75. The summed E-state index contributed by atoms with van der Waals surface area (Å²) in [7, 11) is -0.868. The maximum absolute atomic E-state index is 11.8. The van der Waals surface area contributed by atoms with Crippen LogP contribution in [0.15, 0.2) is 0 Å². The molecule has 1 aliphatic rings. The van der Waals surface area contributed by atoms with Crippen LogP contribution in [0.25, 0.3) is 0 Å². The molecule has 0 spiro atoms. The highest BCUT2D eigenvalue weighted by Crippen LogP contribution is 2.23. The number of hydrogen-bond acceptors (Lipinski definition) is 3. The second kappa shape index (κ2) is 5.61. The molecule has 88 valence electrons. The fraction of sp³-hybridized carbons (Fsp3) is 0.900. The molecule has 0 aliphatic heterocycles. The second-order valence-electron chi connectivity index (χ2n) is 4.35. The molecular weight excluding hydrogens is 212 g/mol. The third-order valence-electron chi connectivity index (χ3n) is 2.78. The van der Waals surface area contributed by atoms with E-state index in [4.69, 9.17) is 5.73 Å². The van der Waals surface area contributed by atoms with Crippen LogP contribution in [-0.2, 0) is 15.6 Å². The van der Waals surface area contributed by atoms with Crippen molar-refractivity contribution in [2.75, 3.05) is 12.0 Å². The zero-order chi connectivity index (χ0) is 11.4. The molecular formula is C10H20N2O2S. The van der Waals surface area contributed by atoms with Gasteiger partial charge >= 0.3 is 0 Å². The van der Waals surface area contributed by atoms with Gasteiger partial charge in [-0.2, -0.15) is 0 Å². The minimum absolute atomic E-state index is 0.00400. The number of nitrogens with one attached hydrogen (secondary N) is 1. The summed E-state index contributed by atoms with van der Waals surface area (Å²) in [6, 6.07) is -0.0274. The molecule has 0 radical (unpaired) electrons. The van der Waals surface area contributed by atoms with Crippen LogP contribution in [0.5, 0.6) is 0 Å². The molecule has 1 rings (SSSR count). The van der Waals surface area contributed by atoms with Gasteiger partial charge < -0.3 is 11.1 Å². The number of amides is 1. The highest BCUT2D eigenvalue weighted by Gasteiger charge is 2.30. The molecule has 0 aromatic heterocycles. The molecule has 0 aromatic carbocycles. The van der Waals surface area contributed by atoms with E-state index in [2.05, 4.69) is 5.32 Å². The number of carbonyl (C=O) groups is 1. The van der Waals surface area contributed by atoms with E-state index in [1.807, 2.05) is 6.92 Å². The molecule has 3 N–H and O–H groups in total. The molecule has 15 heavy (non-hydrogen) atoms. The lowest BCUT2D eigenvalue weighted by Crippen LogP contribution is -2.44.